The number of aliphatic imine (C=N–C) groups is 1. The molecule has 1 aromatic rings. The molecule has 0 spiro atoms. The summed E-state index contributed by atoms with van der Waals surface area (Å²) in [7, 11) is 1.84. The first kappa shape index (κ1) is 18.9. The molecule has 5 nitrogen and oxygen atoms in total. The molecule has 1 saturated carbocycles. The first-order valence-corrected chi connectivity index (χ1v) is 9.17. The minimum Gasteiger partial charge on any atom is -0.352 e. The van der Waals surface area contributed by atoms with Gasteiger partial charge in [0.1, 0.15) is 5.01 Å². The van der Waals surface area contributed by atoms with Crippen LogP contribution < -0.4 is 10.6 Å². The molecule has 1 aromatic heterocycles. The molecule has 2 aliphatic rings. The molecule has 130 valence electrons. The summed E-state index contributed by atoms with van der Waals surface area (Å²) in [6.45, 7) is 6.40. The number of aryl methyl sites for hydroxylation is 1. The highest BCUT2D eigenvalue weighted by molar-refractivity contribution is 14.0. The molecule has 1 aliphatic heterocycles. The van der Waals surface area contributed by atoms with Gasteiger partial charge < -0.3 is 10.6 Å². The maximum atomic E-state index is 4.45. The molecule has 23 heavy (non-hydrogen) atoms. The van der Waals surface area contributed by atoms with Gasteiger partial charge in [-0.3, -0.25) is 9.89 Å². The van der Waals surface area contributed by atoms with Crippen LogP contribution in [0.2, 0.25) is 0 Å². The molecule has 0 radical (unpaired) electrons. The van der Waals surface area contributed by atoms with Crippen LogP contribution in [-0.4, -0.2) is 47.6 Å². The van der Waals surface area contributed by atoms with Gasteiger partial charge in [0.2, 0.25) is 0 Å². The van der Waals surface area contributed by atoms with E-state index in [9.17, 15) is 0 Å². The first-order valence-electron chi connectivity index (χ1n) is 8.36. The lowest BCUT2D eigenvalue weighted by molar-refractivity contribution is 0.256. The number of aromatic nitrogens is 1. The fourth-order valence-corrected chi connectivity index (χ4v) is 4.02. The number of thiazole rings is 1. The lowest BCUT2D eigenvalue weighted by Crippen LogP contribution is -2.44. The SMILES string of the molecule is CCc1cnc(CNC(=NC)NC2CC(C)N(C3CC3)C2)s1.I. The van der Waals surface area contributed by atoms with E-state index in [-0.39, 0.29) is 24.0 Å². The van der Waals surface area contributed by atoms with Crippen molar-refractivity contribution in [1.82, 2.24) is 20.5 Å². The van der Waals surface area contributed by atoms with Crippen LogP contribution in [0.25, 0.3) is 0 Å². The number of rotatable bonds is 5. The summed E-state index contributed by atoms with van der Waals surface area (Å²) >= 11 is 1.78. The van der Waals surface area contributed by atoms with Crippen molar-refractivity contribution in [2.45, 2.75) is 64.2 Å². The van der Waals surface area contributed by atoms with E-state index >= 15 is 0 Å². The Balaban J connectivity index is 0.00000192. The highest BCUT2D eigenvalue weighted by Gasteiger charge is 2.38. The van der Waals surface area contributed by atoms with E-state index in [0.717, 1.165) is 36.5 Å². The second-order valence-corrected chi connectivity index (χ2v) is 7.55. The van der Waals surface area contributed by atoms with Gasteiger partial charge >= 0.3 is 0 Å². The lowest BCUT2D eigenvalue weighted by Gasteiger charge is -2.20. The molecule has 2 atom stereocenters. The van der Waals surface area contributed by atoms with Crippen LogP contribution >= 0.6 is 35.3 Å². The Morgan fingerprint density at radius 2 is 2.26 bits per heavy atom. The van der Waals surface area contributed by atoms with Crippen molar-refractivity contribution >= 4 is 41.3 Å². The van der Waals surface area contributed by atoms with Crippen LogP contribution in [0.5, 0.6) is 0 Å². The lowest BCUT2D eigenvalue weighted by atomic mass is 10.2. The van der Waals surface area contributed by atoms with E-state index in [4.69, 9.17) is 0 Å². The smallest absolute Gasteiger partial charge is 0.191 e. The summed E-state index contributed by atoms with van der Waals surface area (Å²) in [5.41, 5.74) is 0. The molecule has 2 unspecified atom stereocenters. The zero-order valence-electron chi connectivity index (χ0n) is 14.2. The fraction of sp³-hybridized carbons (Fsp3) is 0.750. The molecular formula is C16H28IN5S. The van der Waals surface area contributed by atoms with E-state index in [2.05, 4.69) is 39.4 Å². The molecule has 2 N–H and O–H groups in total. The third kappa shape index (κ3) is 5.03. The van der Waals surface area contributed by atoms with Gasteiger partial charge in [0, 0.05) is 42.8 Å². The Bertz CT molecular complexity index is 528. The van der Waals surface area contributed by atoms with Crippen molar-refractivity contribution in [1.29, 1.82) is 0 Å². The van der Waals surface area contributed by atoms with Crippen LogP contribution in [0.15, 0.2) is 11.2 Å². The minimum absolute atomic E-state index is 0. The number of nitrogens with one attached hydrogen (secondary N) is 2. The molecule has 1 saturated heterocycles. The van der Waals surface area contributed by atoms with E-state index in [1.54, 1.807) is 11.3 Å². The predicted molar refractivity (Wildman–Crippen MR) is 108 cm³/mol. The van der Waals surface area contributed by atoms with E-state index in [1.165, 1.54) is 24.1 Å². The van der Waals surface area contributed by atoms with Crippen LogP contribution in [-0.2, 0) is 13.0 Å². The molecule has 0 bridgehead atoms. The first-order chi connectivity index (χ1) is 10.7. The summed E-state index contributed by atoms with van der Waals surface area (Å²) in [6, 6.07) is 2.04. The summed E-state index contributed by atoms with van der Waals surface area (Å²) in [5, 5.41) is 8.09. The van der Waals surface area contributed by atoms with Gasteiger partial charge in [-0.05, 0) is 32.6 Å². The predicted octanol–water partition coefficient (Wildman–Crippen LogP) is 2.61. The summed E-state index contributed by atoms with van der Waals surface area (Å²) < 4.78 is 0. The molecule has 2 fully saturated rings. The maximum absolute atomic E-state index is 4.45. The zero-order chi connectivity index (χ0) is 15.5. The van der Waals surface area contributed by atoms with Crippen molar-refractivity contribution in [2.24, 2.45) is 4.99 Å². The Morgan fingerprint density at radius 1 is 1.48 bits per heavy atom. The van der Waals surface area contributed by atoms with E-state index in [0.29, 0.717) is 12.1 Å². The second kappa shape index (κ2) is 8.62. The Hall–Kier alpha value is -0.410. The van der Waals surface area contributed by atoms with Gasteiger partial charge in [-0.1, -0.05) is 6.92 Å². The topological polar surface area (TPSA) is 52.6 Å². The van der Waals surface area contributed by atoms with Gasteiger partial charge in [-0.25, -0.2) is 4.98 Å². The van der Waals surface area contributed by atoms with Crippen LogP contribution in [0, 0.1) is 0 Å². The van der Waals surface area contributed by atoms with Crippen LogP contribution in [0.1, 0.15) is 43.0 Å². The van der Waals surface area contributed by atoms with E-state index in [1.807, 2.05) is 13.2 Å². The Kier molecular flexibility index (Phi) is 7.09. The van der Waals surface area contributed by atoms with Gasteiger partial charge in [0.25, 0.3) is 0 Å². The minimum atomic E-state index is 0. The highest BCUT2D eigenvalue weighted by Crippen LogP contribution is 2.33. The fourth-order valence-electron chi connectivity index (χ4n) is 3.22. The van der Waals surface area contributed by atoms with Crippen molar-refractivity contribution < 1.29 is 0 Å². The average molecular weight is 449 g/mol. The number of likely N-dealkylation sites (tertiary alicyclic amines) is 1. The number of hydrogen-bond acceptors (Lipinski definition) is 4. The van der Waals surface area contributed by atoms with Crippen molar-refractivity contribution in [2.75, 3.05) is 13.6 Å². The normalized spacial score (nSPS) is 25.3. The largest absolute Gasteiger partial charge is 0.352 e. The number of hydrogen-bond donors (Lipinski definition) is 2. The molecular weight excluding hydrogens is 421 g/mol. The second-order valence-electron chi connectivity index (χ2n) is 6.35. The van der Waals surface area contributed by atoms with Crippen molar-refractivity contribution in [3.63, 3.8) is 0 Å². The van der Waals surface area contributed by atoms with Crippen LogP contribution in [0.3, 0.4) is 0 Å². The van der Waals surface area contributed by atoms with Gasteiger partial charge in [0.05, 0.1) is 6.54 Å². The quantitative estimate of drug-likeness (QED) is 0.412. The Labute approximate surface area is 160 Å². The maximum Gasteiger partial charge on any atom is 0.191 e. The number of nitrogens with zero attached hydrogens (tertiary/aromatic N) is 3. The van der Waals surface area contributed by atoms with Gasteiger partial charge in [-0.2, -0.15) is 0 Å². The number of halogens is 1. The molecule has 2 heterocycles. The van der Waals surface area contributed by atoms with Crippen molar-refractivity contribution in [3.05, 3.63) is 16.1 Å². The molecule has 3 rings (SSSR count). The van der Waals surface area contributed by atoms with Crippen LogP contribution in [0.4, 0.5) is 0 Å². The average Bonchev–Trinajstić information content (AvgIpc) is 3.14. The zero-order valence-corrected chi connectivity index (χ0v) is 17.4. The summed E-state index contributed by atoms with van der Waals surface area (Å²) in [6.07, 6.45) is 7.00. The molecule has 7 heteroatoms. The molecule has 1 aliphatic carbocycles. The highest BCUT2D eigenvalue weighted by atomic mass is 127. The summed E-state index contributed by atoms with van der Waals surface area (Å²) in [4.78, 5) is 12.8. The van der Waals surface area contributed by atoms with Gasteiger partial charge in [0.15, 0.2) is 5.96 Å². The molecule has 0 aromatic carbocycles. The van der Waals surface area contributed by atoms with E-state index < -0.39 is 0 Å². The number of guanidine groups is 1. The third-order valence-corrected chi connectivity index (χ3v) is 5.70. The third-order valence-electron chi connectivity index (χ3n) is 4.56. The van der Waals surface area contributed by atoms with Gasteiger partial charge in [-0.15, -0.1) is 35.3 Å². The Morgan fingerprint density at radius 3 is 2.87 bits per heavy atom. The summed E-state index contributed by atoms with van der Waals surface area (Å²) in [5.74, 6) is 0.892. The monoisotopic (exact) mass is 449 g/mol. The standard InChI is InChI=1S/C16H27N5S.HI/c1-4-14-8-18-15(22-14)9-19-16(17-3)20-12-7-11(2)21(10-12)13-5-6-13;/h8,11-13H,4-7,9-10H2,1-3H3,(H2,17,19,20);1H. The van der Waals surface area contributed by atoms with Crippen molar-refractivity contribution in [3.8, 4) is 0 Å². The molecule has 0 amide bonds.